The maximum absolute atomic E-state index is 12.2. The third-order valence-electron chi connectivity index (χ3n) is 4.00. The zero-order valence-corrected chi connectivity index (χ0v) is 14.0. The third kappa shape index (κ3) is 3.61. The van der Waals surface area contributed by atoms with E-state index in [9.17, 15) is 9.90 Å². The number of halogens is 1. The number of carbonyl (C=O) groups is 1. The molecule has 24 heavy (non-hydrogen) atoms. The maximum atomic E-state index is 12.2. The average Bonchev–Trinajstić information content (AvgIpc) is 2.97. The van der Waals surface area contributed by atoms with Crippen LogP contribution in [0.4, 0.5) is 0 Å². The number of hydrogen-bond acceptors (Lipinski definition) is 2. The summed E-state index contributed by atoms with van der Waals surface area (Å²) >= 11 is 5.90. The molecular formula is C19H19ClN2O2. The van der Waals surface area contributed by atoms with Gasteiger partial charge in [0.2, 0.25) is 0 Å². The first kappa shape index (κ1) is 16.6. The van der Waals surface area contributed by atoms with Gasteiger partial charge in [-0.3, -0.25) is 4.79 Å². The second-order valence-corrected chi connectivity index (χ2v) is 6.37. The van der Waals surface area contributed by atoms with Gasteiger partial charge in [0, 0.05) is 28.2 Å². The van der Waals surface area contributed by atoms with Crippen molar-refractivity contribution >= 4 is 28.4 Å². The van der Waals surface area contributed by atoms with Crippen molar-refractivity contribution in [2.45, 2.75) is 25.5 Å². The van der Waals surface area contributed by atoms with Gasteiger partial charge in [-0.05, 0) is 42.7 Å². The van der Waals surface area contributed by atoms with Crippen LogP contribution in [-0.4, -0.2) is 22.0 Å². The number of aliphatic hydroxyl groups excluding tert-OH is 1. The van der Waals surface area contributed by atoms with E-state index in [0.717, 1.165) is 16.5 Å². The van der Waals surface area contributed by atoms with E-state index >= 15 is 0 Å². The van der Waals surface area contributed by atoms with Crippen LogP contribution in [0.1, 0.15) is 24.2 Å². The molecule has 1 amide bonds. The van der Waals surface area contributed by atoms with Crippen LogP contribution in [0.5, 0.6) is 0 Å². The van der Waals surface area contributed by atoms with Crippen molar-refractivity contribution in [1.29, 1.82) is 0 Å². The number of hydrogen-bond donors (Lipinski definition) is 3. The highest BCUT2D eigenvalue weighted by atomic mass is 35.5. The quantitative estimate of drug-likeness (QED) is 0.663. The number of carbonyl (C=O) groups excluding carboxylic acids is 1. The van der Waals surface area contributed by atoms with E-state index in [0.29, 0.717) is 17.0 Å². The highest BCUT2D eigenvalue weighted by Crippen LogP contribution is 2.20. The highest BCUT2D eigenvalue weighted by Gasteiger charge is 2.20. The Kier molecular flexibility index (Phi) is 4.88. The van der Waals surface area contributed by atoms with Gasteiger partial charge in [-0.15, -0.1) is 0 Å². The molecule has 1 aromatic heterocycles. The minimum Gasteiger partial charge on any atom is -0.378 e. The lowest BCUT2D eigenvalue weighted by Gasteiger charge is -2.17. The number of amides is 1. The van der Waals surface area contributed by atoms with E-state index in [1.807, 2.05) is 31.3 Å². The number of para-hydroxylation sites is 1. The summed E-state index contributed by atoms with van der Waals surface area (Å²) in [5.74, 6) is -0.426. The van der Waals surface area contributed by atoms with Gasteiger partial charge in [-0.2, -0.15) is 0 Å². The molecule has 0 aliphatic carbocycles. The number of rotatable bonds is 5. The van der Waals surface area contributed by atoms with Gasteiger partial charge in [0.25, 0.3) is 5.91 Å². The lowest BCUT2D eigenvalue weighted by Crippen LogP contribution is -2.37. The Hall–Kier alpha value is -2.30. The summed E-state index contributed by atoms with van der Waals surface area (Å²) in [5, 5.41) is 14.7. The molecule has 3 aromatic rings. The van der Waals surface area contributed by atoms with Crippen molar-refractivity contribution in [3.8, 4) is 0 Å². The van der Waals surface area contributed by atoms with Gasteiger partial charge < -0.3 is 15.4 Å². The van der Waals surface area contributed by atoms with Crippen LogP contribution in [0, 0.1) is 0 Å². The smallest absolute Gasteiger partial charge is 0.253 e. The van der Waals surface area contributed by atoms with Crippen molar-refractivity contribution in [1.82, 2.24) is 10.3 Å². The predicted molar refractivity (Wildman–Crippen MR) is 96.0 cm³/mol. The summed E-state index contributed by atoms with van der Waals surface area (Å²) in [6.45, 7) is 1.92. The Labute approximate surface area is 145 Å². The van der Waals surface area contributed by atoms with E-state index in [-0.39, 0.29) is 6.04 Å². The first-order valence-electron chi connectivity index (χ1n) is 7.83. The summed E-state index contributed by atoms with van der Waals surface area (Å²) in [4.78, 5) is 15.5. The number of benzene rings is 2. The van der Waals surface area contributed by atoms with E-state index in [1.165, 1.54) is 0 Å². The Morgan fingerprint density at radius 2 is 2.04 bits per heavy atom. The zero-order chi connectivity index (χ0) is 17.1. The predicted octanol–water partition coefficient (Wildman–Crippen LogP) is 3.60. The highest BCUT2D eigenvalue weighted by molar-refractivity contribution is 6.30. The van der Waals surface area contributed by atoms with Crippen LogP contribution in [-0.2, 0) is 11.2 Å². The van der Waals surface area contributed by atoms with E-state index < -0.39 is 12.0 Å². The molecule has 0 aliphatic rings. The van der Waals surface area contributed by atoms with Crippen LogP contribution in [0.2, 0.25) is 5.02 Å². The number of aromatic amines is 1. The lowest BCUT2D eigenvalue weighted by molar-refractivity contribution is -0.130. The molecule has 2 aromatic carbocycles. The molecule has 124 valence electrons. The van der Waals surface area contributed by atoms with Crippen LogP contribution < -0.4 is 5.32 Å². The minimum absolute atomic E-state index is 0.106. The Morgan fingerprint density at radius 3 is 2.83 bits per heavy atom. The number of aromatic nitrogens is 1. The van der Waals surface area contributed by atoms with Crippen LogP contribution >= 0.6 is 11.6 Å². The number of aliphatic hydroxyl groups is 1. The molecule has 0 fully saturated rings. The first-order chi connectivity index (χ1) is 11.5. The molecule has 0 saturated heterocycles. The molecule has 1 heterocycles. The third-order valence-corrected chi connectivity index (χ3v) is 4.24. The molecule has 0 aliphatic heterocycles. The molecule has 0 bridgehead atoms. The summed E-state index contributed by atoms with van der Waals surface area (Å²) in [7, 11) is 0. The standard InChI is InChI=1S/C19H19ClN2O2/c1-12(9-14-11-21-17-8-3-2-7-16(14)17)22-19(24)18(23)13-5-4-6-15(20)10-13/h2-8,10-12,18,21,23H,9H2,1H3,(H,22,24)/t12-,18-/m1/s1. The summed E-state index contributed by atoms with van der Waals surface area (Å²) in [6.07, 6.45) is 1.41. The van der Waals surface area contributed by atoms with Crippen LogP contribution in [0.3, 0.4) is 0 Å². The molecular weight excluding hydrogens is 324 g/mol. The summed E-state index contributed by atoms with van der Waals surface area (Å²) < 4.78 is 0. The molecule has 0 radical (unpaired) electrons. The molecule has 0 spiro atoms. The maximum Gasteiger partial charge on any atom is 0.253 e. The van der Waals surface area contributed by atoms with Crippen LogP contribution in [0.15, 0.2) is 54.7 Å². The van der Waals surface area contributed by atoms with Gasteiger partial charge >= 0.3 is 0 Å². The SMILES string of the molecule is C[C@H](Cc1c[nH]c2ccccc12)NC(=O)[C@H](O)c1cccc(Cl)c1. The fourth-order valence-corrected chi connectivity index (χ4v) is 3.03. The molecule has 5 heteroatoms. The lowest BCUT2D eigenvalue weighted by atomic mass is 10.0. The second kappa shape index (κ2) is 7.07. The number of nitrogens with one attached hydrogen (secondary N) is 2. The Balaban J connectivity index is 1.66. The zero-order valence-electron chi connectivity index (χ0n) is 13.3. The number of fused-ring (bicyclic) bond motifs is 1. The van der Waals surface area contributed by atoms with Crippen molar-refractivity contribution in [2.75, 3.05) is 0 Å². The summed E-state index contributed by atoms with van der Waals surface area (Å²) in [5.41, 5.74) is 2.69. The first-order valence-corrected chi connectivity index (χ1v) is 8.21. The van der Waals surface area contributed by atoms with Crippen LogP contribution in [0.25, 0.3) is 10.9 Å². The van der Waals surface area contributed by atoms with Gasteiger partial charge in [0.15, 0.2) is 6.10 Å². The normalized spacial score (nSPS) is 13.6. The van der Waals surface area contributed by atoms with Crippen molar-refractivity contribution in [2.24, 2.45) is 0 Å². The van der Waals surface area contributed by atoms with Crippen molar-refractivity contribution in [3.63, 3.8) is 0 Å². The minimum atomic E-state index is -1.23. The fraction of sp³-hybridized carbons (Fsp3) is 0.211. The van der Waals surface area contributed by atoms with Gasteiger partial charge in [0.1, 0.15) is 0 Å². The fourth-order valence-electron chi connectivity index (χ4n) is 2.83. The molecule has 3 N–H and O–H groups in total. The topological polar surface area (TPSA) is 65.1 Å². The van der Waals surface area contributed by atoms with E-state index in [4.69, 9.17) is 11.6 Å². The molecule has 0 saturated carbocycles. The number of H-pyrrole nitrogens is 1. The van der Waals surface area contributed by atoms with Crippen molar-refractivity contribution < 1.29 is 9.90 Å². The molecule has 3 rings (SSSR count). The summed E-state index contributed by atoms with van der Waals surface area (Å²) in [6, 6.07) is 14.6. The van der Waals surface area contributed by atoms with E-state index in [2.05, 4.69) is 16.4 Å². The molecule has 2 atom stereocenters. The van der Waals surface area contributed by atoms with Gasteiger partial charge in [0.05, 0.1) is 0 Å². The van der Waals surface area contributed by atoms with Gasteiger partial charge in [-0.25, -0.2) is 0 Å². The van der Waals surface area contributed by atoms with Gasteiger partial charge in [-0.1, -0.05) is 41.9 Å². The monoisotopic (exact) mass is 342 g/mol. The Morgan fingerprint density at radius 1 is 1.25 bits per heavy atom. The molecule has 0 unspecified atom stereocenters. The van der Waals surface area contributed by atoms with E-state index in [1.54, 1.807) is 24.3 Å². The Bertz CT molecular complexity index is 859. The van der Waals surface area contributed by atoms with Crippen molar-refractivity contribution in [3.05, 3.63) is 70.9 Å². The largest absolute Gasteiger partial charge is 0.378 e. The average molecular weight is 343 g/mol. The molecule has 4 nitrogen and oxygen atoms in total. The second-order valence-electron chi connectivity index (χ2n) is 5.93.